The van der Waals surface area contributed by atoms with Gasteiger partial charge in [0, 0.05) is 10.8 Å². The van der Waals surface area contributed by atoms with Crippen molar-refractivity contribution in [3.63, 3.8) is 0 Å². The highest BCUT2D eigenvalue weighted by molar-refractivity contribution is 7.10. The minimum atomic E-state index is -0.747. The molecule has 3 atom stereocenters. The molecule has 2 aromatic rings. The van der Waals surface area contributed by atoms with E-state index in [0.29, 0.717) is 17.9 Å². The van der Waals surface area contributed by atoms with E-state index in [4.69, 9.17) is 11.6 Å². The third-order valence-corrected chi connectivity index (χ3v) is 5.41. The fourth-order valence-electron chi connectivity index (χ4n) is 2.68. The topological polar surface area (TPSA) is 60.7 Å². The zero-order chi connectivity index (χ0) is 18.4. The number of phenols is 1. The average Bonchev–Trinajstić information content (AvgIpc) is 3.10. The number of hydrogen-bond donors (Lipinski definition) is 3. The van der Waals surface area contributed by atoms with Gasteiger partial charge >= 0.3 is 0 Å². The maximum atomic E-state index is 10.5. The smallest absolute Gasteiger partial charge is 0.117 e. The Hall–Kier alpha value is -1.59. The van der Waals surface area contributed by atoms with E-state index in [0.717, 1.165) is 16.0 Å². The van der Waals surface area contributed by atoms with Crippen LogP contribution in [0.15, 0.2) is 53.9 Å². The predicted octanol–water partition coefficient (Wildman–Crippen LogP) is 5.19. The van der Waals surface area contributed by atoms with Crippen molar-refractivity contribution in [3.05, 3.63) is 69.4 Å². The summed E-state index contributed by atoms with van der Waals surface area (Å²) in [7, 11) is 0. The summed E-state index contributed by atoms with van der Waals surface area (Å²) in [5.74, 6) is -0.282. The molecule has 3 nitrogen and oxygen atoms in total. The van der Waals surface area contributed by atoms with Gasteiger partial charge in [-0.3, -0.25) is 0 Å². The Labute approximate surface area is 157 Å². The molecule has 3 N–H and O–H groups in total. The second kappa shape index (κ2) is 9.20. The average molecular weight is 379 g/mol. The monoisotopic (exact) mass is 378 g/mol. The minimum absolute atomic E-state index is 0.131. The minimum Gasteiger partial charge on any atom is -0.508 e. The van der Waals surface area contributed by atoms with Gasteiger partial charge in [0.15, 0.2) is 0 Å². The van der Waals surface area contributed by atoms with Crippen LogP contribution < -0.4 is 0 Å². The summed E-state index contributed by atoms with van der Waals surface area (Å²) >= 11 is 7.57. The Kier molecular flexibility index (Phi) is 7.26. The van der Waals surface area contributed by atoms with Crippen LogP contribution in [0.25, 0.3) is 6.08 Å². The molecule has 5 heteroatoms. The first-order chi connectivity index (χ1) is 11.9. The van der Waals surface area contributed by atoms with Crippen molar-refractivity contribution in [1.82, 2.24) is 0 Å². The molecule has 0 spiro atoms. The highest BCUT2D eigenvalue weighted by atomic mass is 35.5. The molecular weight excluding hydrogens is 356 g/mol. The molecule has 2 rings (SSSR count). The van der Waals surface area contributed by atoms with Crippen molar-refractivity contribution in [1.29, 1.82) is 0 Å². The predicted molar refractivity (Wildman–Crippen MR) is 105 cm³/mol. The number of benzene rings is 1. The zero-order valence-electron chi connectivity index (χ0n) is 14.1. The van der Waals surface area contributed by atoms with Crippen molar-refractivity contribution in [2.45, 2.75) is 32.0 Å². The van der Waals surface area contributed by atoms with Crippen LogP contribution in [0, 0.1) is 5.92 Å². The van der Waals surface area contributed by atoms with Crippen LogP contribution in [0.1, 0.15) is 36.3 Å². The van der Waals surface area contributed by atoms with Gasteiger partial charge in [0.1, 0.15) is 5.75 Å². The largest absolute Gasteiger partial charge is 0.508 e. The molecule has 0 radical (unpaired) electrons. The molecule has 0 unspecified atom stereocenters. The molecule has 1 heterocycles. The first-order valence-electron chi connectivity index (χ1n) is 8.10. The number of rotatable bonds is 8. The standard InChI is InChI=1S/C20H23ClO3S/c1-3-16(20(24)19-5-4-10-25-19)18(23)9-6-13(2)11-14-7-8-15(22)12-17(14)21/h3-5,7-8,10-12,16,18,20,22-24H,1,6,9H2,2H3/b13-11+/t16-,18-,20+/m1/s1. The van der Waals surface area contributed by atoms with E-state index in [9.17, 15) is 15.3 Å². The lowest BCUT2D eigenvalue weighted by molar-refractivity contribution is 0.0337. The molecule has 0 saturated carbocycles. The van der Waals surface area contributed by atoms with Gasteiger partial charge in [-0.05, 0) is 55.0 Å². The van der Waals surface area contributed by atoms with Crippen LogP contribution in [-0.4, -0.2) is 21.4 Å². The van der Waals surface area contributed by atoms with Crippen molar-refractivity contribution >= 4 is 29.0 Å². The van der Waals surface area contributed by atoms with Crippen molar-refractivity contribution < 1.29 is 15.3 Å². The van der Waals surface area contributed by atoms with Crippen LogP contribution in [0.5, 0.6) is 5.75 Å². The SMILES string of the molecule is C=C[C@H]([C@H](O)CC/C(C)=C/c1ccc(O)cc1Cl)[C@H](O)c1cccs1. The summed E-state index contributed by atoms with van der Waals surface area (Å²) < 4.78 is 0. The maximum absolute atomic E-state index is 10.5. The molecule has 0 aliphatic carbocycles. The van der Waals surface area contributed by atoms with Crippen LogP contribution in [0.3, 0.4) is 0 Å². The van der Waals surface area contributed by atoms with Crippen molar-refractivity contribution in [3.8, 4) is 5.75 Å². The lowest BCUT2D eigenvalue weighted by atomic mass is 9.91. The molecule has 0 saturated heterocycles. The van der Waals surface area contributed by atoms with Crippen molar-refractivity contribution in [2.24, 2.45) is 5.92 Å². The molecule has 0 fully saturated rings. The van der Waals surface area contributed by atoms with E-state index in [2.05, 4.69) is 6.58 Å². The summed E-state index contributed by atoms with van der Waals surface area (Å²) in [6.45, 7) is 5.72. The Morgan fingerprint density at radius 1 is 1.32 bits per heavy atom. The quantitative estimate of drug-likeness (QED) is 0.554. The second-order valence-electron chi connectivity index (χ2n) is 6.08. The molecule has 0 aliphatic rings. The number of thiophene rings is 1. The number of halogens is 1. The van der Waals surface area contributed by atoms with Crippen molar-refractivity contribution in [2.75, 3.05) is 0 Å². The van der Waals surface area contributed by atoms with Gasteiger partial charge in [-0.25, -0.2) is 0 Å². The van der Waals surface area contributed by atoms with E-state index in [1.807, 2.05) is 30.5 Å². The summed E-state index contributed by atoms with van der Waals surface area (Å²) in [6.07, 6.45) is 3.30. The molecule has 25 heavy (non-hydrogen) atoms. The van der Waals surface area contributed by atoms with Gasteiger partial charge in [0.05, 0.1) is 17.2 Å². The van der Waals surface area contributed by atoms with Gasteiger partial charge < -0.3 is 15.3 Å². The molecule has 134 valence electrons. The number of allylic oxidation sites excluding steroid dienone is 1. The van der Waals surface area contributed by atoms with Gasteiger partial charge in [0.25, 0.3) is 0 Å². The molecule has 0 bridgehead atoms. The fraction of sp³-hybridized carbons (Fsp3) is 0.300. The fourth-order valence-corrected chi connectivity index (χ4v) is 3.68. The van der Waals surface area contributed by atoms with Crippen LogP contribution in [-0.2, 0) is 0 Å². The van der Waals surface area contributed by atoms with E-state index in [1.54, 1.807) is 18.2 Å². The van der Waals surface area contributed by atoms with E-state index in [1.165, 1.54) is 17.4 Å². The van der Waals surface area contributed by atoms with Gasteiger partial charge in [-0.1, -0.05) is 35.4 Å². The summed E-state index contributed by atoms with van der Waals surface area (Å²) in [5, 5.41) is 32.7. The maximum Gasteiger partial charge on any atom is 0.117 e. The number of aliphatic hydroxyl groups excluding tert-OH is 2. The number of aliphatic hydroxyl groups is 2. The highest BCUT2D eigenvalue weighted by Gasteiger charge is 2.25. The van der Waals surface area contributed by atoms with Crippen LogP contribution >= 0.6 is 22.9 Å². The summed E-state index contributed by atoms with van der Waals surface area (Å²) in [4.78, 5) is 0.826. The van der Waals surface area contributed by atoms with Crippen LogP contribution in [0.2, 0.25) is 5.02 Å². The number of phenolic OH excluding ortho intramolecular Hbond substituents is 1. The highest BCUT2D eigenvalue weighted by Crippen LogP contribution is 2.31. The first kappa shape index (κ1) is 19.7. The first-order valence-corrected chi connectivity index (χ1v) is 9.36. The Balaban J connectivity index is 1.98. The molecule has 0 aliphatic heterocycles. The molecule has 0 amide bonds. The molecule has 1 aromatic carbocycles. The third-order valence-electron chi connectivity index (χ3n) is 4.14. The molecular formula is C20H23ClO3S. The van der Waals surface area contributed by atoms with E-state index in [-0.39, 0.29) is 5.75 Å². The normalized spacial score (nSPS) is 15.6. The Morgan fingerprint density at radius 2 is 2.08 bits per heavy atom. The summed E-state index contributed by atoms with van der Waals surface area (Å²) in [5.41, 5.74) is 1.88. The Morgan fingerprint density at radius 3 is 2.68 bits per heavy atom. The van der Waals surface area contributed by atoms with Gasteiger partial charge in [-0.15, -0.1) is 17.9 Å². The molecule has 1 aromatic heterocycles. The van der Waals surface area contributed by atoms with Gasteiger partial charge in [-0.2, -0.15) is 0 Å². The number of aromatic hydroxyl groups is 1. The van der Waals surface area contributed by atoms with Crippen LogP contribution in [0.4, 0.5) is 0 Å². The second-order valence-corrected chi connectivity index (χ2v) is 7.46. The Bertz CT molecular complexity index is 725. The third kappa shape index (κ3) is 5.44. The summed E-state index contributed by atoms with van der Waals surface area (Å²) in [6, 6.07) is 8.58. The van der Waals surface area contributed by atoms with Gasteiger partial charge in [0.2, 0.25) is 0 Å². The van der Waals surface area contributed by atoms with E-state index < -0.39 is 18.1 Å². The zero-order valence-corrected chi connectivity index (χ0v) is 15.7. The number of hydrogen-bond acceptors (Lipinski definition) is 4. The van der Waals surface area contributed by atoms with E-state index >= 15 is 0 Å². The lowest BCUT2D eigenvalue weighted by Gasteiger charge is -2.24. The lowest BCUT2D eigenvalue weighted by Crippen LogP contribution is -2.24.